The molecule has 0 aliphatic carbocycles. The summed E-state index contributed by atoms with van der Waals surface area (Å²) in [6.45, 7) is 1.69. The number of Topliss-reactive ketones (excluding diaryl/α,β-unsaturated/α-hetero) is 1. The zero-order chi connectivity index (χ0) is 12.5. The monoisotopic (exact) mass is 298 g/mol. The average Bonchev–Trinajstić information content (AvgIpc) is 2.15. The maximum atomic E-state index is 13.2. The summed E-state index contributed by atoms with van der Waals surface area (Å²) in [4.78, 5) is 10.6. The van der Waals surface area contributed by atoms with Crippen LogP contribution in [0.1, 0.15) is 27.7 Å². The van der Waals surface area contributed by atoms with Gasteiger partial charge in [0.25, 0.3) is 5.78 Å². The van der Waals surface area contributed by atoms with Crippen molar-refractivity contribution in [3.63, 3.8) is 0 Å². The van der Waals surface area contributed by atoms with E-state index in [-0.39, 0.29) is 4.83 Å². The molecule has 1 rings (SSSR count). The highest BCUT2D eigenvalue weighted by molar-refractivity contribution is 9.09. The van der Waals surface area contributed by atoms with Gasteiger partial charge in [-0.25, -0.2) is 4.39 Å². The Morgan fingerprint density at radius 3 is 2.31 bits per heavy atom. The van der Waals surface area contributed by atoms with Gasteiger partial charge in [0.05, 0.1) is 5.56 Å². The van der Waals surface area contributed by atoms with E-state index >= 15 is 0 Å². The van der Waals surface area contributed by atoms with Gasteiger partial charge in [-0.3, -0.25) is 4.79 Å². The molecule has 0 spiro atoms. The molecule has 6 heteroatoms. The minimum atomic E-state index is -5.05. The molecular formula is C10H7BrF4O. The number of benzene rings is 1. The number of rotatable bonds is 2. The highest BCUT2D eigenvalue weighted by Gasteiger charge is 2.40. The first-order valence-corrected chi connectivity index (χ1v) is 5.20. The maximum absolute atomic E-state index is 13.2. The summed E-state index contributed by atoms with van der Waals surface area (Å²) in [6, 6.07) is 3.04. The summed E-state index contributed by atoms with van der Waals surface area (Å²) in [7, 11) is 0. The fourth-order valence-corrected chi connectivity index (χ4v) is 1.40. The number of hydrogen-bond donors (Lipinski definition) is 0. The van der Waals surface area contributed by atoms with Crippen molar-refractivity contribution in [3.8, 4) is 0 Å². The first-order chi connectivity index (χ1) is 7.23. The minimum Gasteiger partial charge on any atom is -0.284 e. The van der Waals surface area contributed by atoms with Crippen LogP contribution in [-0.4, -0.2) is 12.0 Å². The molecule has 16 heavy (non-hydrogen) atoms. The molecule has 0 saturated carbocycles. The van der Waals surface area contributed by atoms with E-state index in [2.05, 4.69) is 15.9 Å². The van der Waals surface area contributed by atoms with E-state index in [9.17, 15) is 22.4 Å². The van der Waals surface area contributed by atoms with Crippen molar-refractivity contribution in [2.75, 3.05) is 0 Å². The second kappa shape index (κ2) is 4.53. The van der Waals surface area contributed by atoms with E-state index in [1.165, 1.54) is 6.07 Å². The molecular weight excluding hydrogens is 292 g/mol. The Morgan fingerprint density at radius 2 is 1.94 bits per heavy atom. The molecule has 88 valence electrons. The molecule has 0 bridgehead atoms. The van der Waals surface area contributed by atoms with Crippen LogP contribution in [0, 0.1) is 5.82 Å². The van der Waals surface area contributed by atoms with Crippen molar-refractivity contribution in [2.45, 2.75) is 17.9 Å². The lowest BCUT2D eigenvalue weighted by atomic mass is 10.1. The Labute approximate surface area is 97.6 Å². The lowest BCUT2D eigenvalue weighted by Crippen LogP contribution is -2.23. The fraction of sp³-hybridized carbons (Fsp3) is 0.300. The van der Waals surface area contributed by atoms with Crippen LogP contribution in [0.25, 0.3) is 0 Å². The van der Waals surface area contributed by atoms with Crippen molar-refractivity contribution in [3.05, 3.63) is 35.1 Å². The standard InChI is InChI=1S/C10H7BrF4O/c1-5(11)6-2-3-7(8(12)4-6)9(16)10(13,14)15/h2-5H,1H3. The molecule has 1 unspecified atom stereocenters. The summed E-state index contributed by atoms with van der Waals surface area (Å²) in [6.07, 6.45) is -5.05. The smallest absolute Gasteiger partial charge is 0.284 e. The highest BCUT2D eigenvalue weighted by Crippen LogP contribution is 2.27. The Kier molecular flexibility index (Phi) is 3.72. The highest BCUT2D eigenvalue weighted by atomic mass is 79.9. The SMILES string of the molecule is CC(Br)c1ccc(C(=O)C(F)(F)F)c(F)c1. The van der Waals surface area contributed by atoms with Crippen LogP contribution < -0.4 is 0 Å². The first kappa shape index (κ1) is 13.2. The van der Waals surface area contributed by atoms with E-state index in [0.717, 1.165) is 12.1 Å². The number of alkyl halides is 4. The minimum absolute atomic E-state index is 0.197. The third-order valence-electron chi connectivity index (χ3n) is 1.95. The van der Waals surface area contributed by atoms with Crippen molar-refractivity contribution >= 4 is 21.7 Å². The lowest BCUT2D eigenvalue weighted by Gasteiger charge is -2.08. The number of carbonyl (C=O) groups is 1. The Bertz CT molecular complexity index is 412. The van der Waals surface area contributed by atoms with E-state index in [1.807, 2.05) is 0 Å². The number of hydrogen-bond acceptors (Lipinski definition) is 1. The molecule has 0 N–H and O–H groups in total. The van der Waals surface area contributed by atoms with Crippen LogP contribution in [0.2, 0.25) is 0 Å². The van der Waals surface area contributed by atoms with Crippen LogP contribution in [0.5, 0.6) is 0 Å². The maximum Gasteiger partial charge on any atom is 0.454 e. The molecule has 1 atom stereocenters. The van der Waals surface area contributed by atoms with E-state index in [4.69, 9.17) is 0 Å². The molecule has 1 aromatic rings. The van der Waals surface area contributed by atoms with E-state index < -0.39 is 23.3 Å². The van der Waals surface area contributed by atoms with Gasteiger partial charge in [0, 0.05) is 4.83 Å². The van der Waals surface area contributed by atoms with Gasteiger partial charge >= 0.3 is 6.18 Å². The third kappa shape index (κ3) is 2.81. The molecule has 0 aliphatic rings. The predicted octanol–water partition coefficient (Wildman–Crippen LogP) is 4.03. The van der Waals surface area contributed by atoms with Crippen LogP contribution in [-0.2, 0) is 0 Å². The van der Waals surface area contributed by atoms with Gasteiger partial charge in [0.15, 0.2) is 0 Å². The van der Waals surface area contributed by atoms with Crippen LogP contribution >= 0.6 is 15.9 Å². The Hall–Kier alpha value is -0.910. The van der Waals surface area contributed by atoms with Gasteiger partial charge in [-0.1, -0.05) is 22.0 Å². The number of carbonyl (C=O) groups excluding carboxylic acids is 1. The molecule has 0 saturated heterocycles. The number of halogens is 5. The predicted molar refractivity (Wildman–Crippen MR) is 54.1 cm³/mol. The quantitative estimate of drug-likeness (QED) is 0.458. The topological polar surface area (TPSA) is 17.1 Å². The van der Waals surface area contributed by atoms with Gasteiger partial charge in [-0.05, 0) is 24.6 Å². The Balaban J connectivity index is 3.14. The summed E-state index contributed by atoms with van der Waals surface area (Å²) in [5, 5.41) is 0. The van der Waals surface area contributed by atoms with Gasteiger partial charge in [-0.2, -0.15) is 13.2 Å². The average molecular weight is 299 g/mol. The summed E-state index contributed by atoms with van der Waals surface area (Å²) in [5.74, 6) is -3.33. The molecule has 0 aromatic heterocycles. The van der Waals surface area contributed by atoms with Gasteiger partial charge < -0.3 is 0 Å². The van der Waals surface area contributed by atoms with E-state index in [0.29, 0.717) is 5.56 Å². The van der Waals surface area contributed by atoms with Crippen molar-refractivity contribution in [1.29, 1.82) is 0 Å². The lowest BCUT2D eigenvalue weighted by molar-refractivity contribution is -0.0887. The van der Waals surface area contributed by atoms with Crippen LogP contribution in [0.4, 0.5) is 17.6 Å². The molecule has 0 aliphatic heterocycles. The molecule has 1 nitrogen and oxygen atoms in total. The van der Waals surface area contributed by atoms with Crippen LogP contribution in [0.15, 0.2) is 18.2 Å². The van der Waals surface area contributed by atoms with Crippen molar-refractivity contribution in [2.24, 2.45) is 0 Å². The largest absolute Gasteiger partial charge is 0.454 e. The van der Waals surface area contributed by atoms with Crippen LogP contribution in [0.3, 0.4) is 0 Å². The summed E-state index contributed by atoms with van der Waals surface area (Å²) in [5.41, 5.74) is -0.486. The second-order valence-corrected chi connectivity index (χ2v) is 4.56. The normalized spacial score (nSPS) is 13.6. The fourth-order valence-electron chi connectivity index (χ4n) is 1.12. The van der Waals surface area contributed by atoms with E-state index in [1.54, 1.807) is 6.92 Å². The van der Waals surface area contributed by atoms with Crippen molar-refractivity contribution < 1.29 is 22.4 Å². The second-order valence-electron chi connectivity index (χ2n) is 3.18. The summed E-state index contributed by atoms with van der Waals surface area (Å²) >= 11 is 3.14. The molecule has 1 aromatic carbocycles. The summed E-state index contributed by atoms with van der Waals surface area (Å²) < 4.78 is 49.4. The third-order valence-corrected chi connectivity index (χ3v) is 2.48. The first-order valence-electron chi connectivity index (χ1n) is 4.28. The van der Waals surface area contributed by atoms with Crippen molar-refractivity contribution in [1.82, 2.24) is 0 Å². The molecule has 0 heterocycles. The zero-order valence-electron chi connectivity index (χ0n) is 8.11. The Morgan fingerprint density at radius 1 is 1.38 bits per heavy atom. The van der Waals surface area contributed by atoms with Gasteiger partial charge in [0.2, 0.25) is 0 Å². The molecule has 0 radical (unpaired) electrons. The van der Waals surface area contributed by atoms with Gasteiger partial charge in [0.1, 0.15) is 5.82 Å². The molecule has 0 amide bonds. The molecule has 0 fully saturated rings. The van der Waals surface area contributed by atoms with Gasteiger partial charge in [-0.15, -0.1) is 0 Å². The zero-order valence-corrected chi connectivity index (χ0v) is 9.69. The number of ketones is 1.